The van der Waals surface area contributed by atoms with Crippen molar-refractivity contribution < 1.29 is 29.2 Å². The van der Waals surface area contributed by atoms with E-state index < -0.39 is 0 Å². The summed E-state index contributed by atoms with van der Waals surface area (Å²) >= 11 is 0. The molecule has 0 saturated heterocycles. The Balaban J connectivity index is 0.000000425. The highest BCUT2D eigenvalue weighted by molar-refractivity contribution is 5.60. The minimum absolute atomic E-state index is 0.0212. The van der Waals surface area contributed by atoms with Crippen molar-refractivity contribution in [3.63, 3.8) is 0 Å². The van der Waals surface area contributed by atoms with Crippen LogP contribution >= 0.6 is 0 Å². The summed E-state index contributed by atoms with van der Waals surface area (Å²) in [6.07, 6.45) is 0. The lowest BCUT2D eigenvalue weighted by Crippen LogP contribution is -2.32. The van der Waals surface area contributed by atoms with Gasteiger partial charge in [-0.1, -0.05) is 12.1 Å². The molecule has 180 valence electrons. The van der Waals surface area contributed by atoms with Gasteiger partial charge < -0.3 is 39.8 Å². The minimum atomic E-state index is 0.0212. The fourth-order valence-corrected chi connectivity index (χ4v) is 2.94. The van der Waals surface area contributed by atoms with Crippen LogP contribution in [0.1, 0.15) is 11.1 Å². The van der Waals surface area contributed by atoms with Gasteiger partial charge in [0, 0.05) is 13.1 Å². The van der Waals surface area contributed by atoms with Crippen LogP contribution in [0.2, 0.25) is 0 Å². The molecule has 2 rings (SSSR count). The number of nitrogens with two attached hydrogens (primary N) is 1. The SMILES string of the molecule is COc1ccc(C)cc1N.COc1ccc(C)cc1N(CCOCCO)CCOCCO. The van der Waals surface area contributed by atoms with E-state index in [-0.39, 0.29) is 13.2 Å². The van der Waals surface area contributed by atoms with Gasteiger partial charge in [-0.05, 0) is 49.2 Å². The van der Waals surface area contributed by atoms with E-state index in [1.165, 1.54) is 0 Å². The number of aryl methyl sites for hydroxylation is 2. The maximum atomic E-state index is 8.77. The van der Waals surface area contributed by atoms with Crippen LogP contribution in [0.5, 0.6) is 11.5 Å². The predicted octanol–water partition coefficient (Wildman–Crippen LogP) is 2.41. The van der Waals surface area contributed by atoms with E-state index in [0.717, 1.165) is 28.3 Å². The summed E-state index contributed by atoms with van der Waals surface area (Å²) in [7, 11) is 3.26. The van der Waals surface area contributed by atoms with Crippen molar-refractivity contribution in [1.29, 1.82) is 0 Å². The number of aliphatic hydroxyl groups is 2. The normalized spacial score (nSPS) is 10.3. The van der Waals surface area contributed by atoms with Gasteiger partial charge in [-0.2, -0.15) is 0 Å². The summed E-state index contributed by atoms with van der Waals surface area (Å²) in [5, 5.41) is 17.5. The zero-order valence-corrected chi connectivity index (χ0v) is 19.7. The van der Waals surface area contributed by atoms with Crippen LogP contribution in [0.25, 0.3) is 0 Å². The van der Waals surface area contributed by atoms with Crippen molar-refractivity contribution in [2.24, 2.45) is 0 Å². The van der Waals surface area contributed by atoms with E-state index in [2.05, 4.69) is 11.0 Å². The standard InChI is InChI=1S/C16H27NO5.C8H11NO/c1-14-3-4-16(20-2)15(13-14)17(5-9-21-11-7-18)6-10-22-12-8-19;1-6-3-4-8(10-2)7(9)5-6/h3-4,13,18-19H,5-12H2,1-2H3;3-5H,9H2,1-2H3. The quantitative estimate of drug-likeness (QED) is 0.316. The molecule has 0 aliphatic rings. The van der Waals surface area contributed by atoms with Gasteiger partial charge in [-0.25, -0.2) is 0 Å². The molecule has 4 N–H and O–H groups in total. The van der Waals surface area contributed by atoms with E-state index in [4.69, 9.17) is 34.9 Å². The van der Waals surface area contributed by atoms with E-state index >= 15 is 0 Å². The second-order valence-electron chi connectivity index (χ2n) is 7.08. The third-order valence-electron chi connectivity index (χ3n) is 4.54. The lowest BCUT2D eigenvalue weighted by atomic mass is 10.2. The van der Waals surface area contributed by atoms with Crippen LogP contribution in [0.15, 0.2) is 36.4 Å². The molecule has 0 fully saturated rings. The molecule has 0 aliphatic heterocycles. The number of hydrogen-bond acceptors (Lipinski definition) is 8. The van der Waals surface area contributed by atoms with Gasteiger partial charge in [0.1, 0.15) is 11.5 Å². The number of anilines is 2. The first kappa shape index (κ1) is 27.5. The van der Waals surface area contributed by atoms with Crippen molar-refractivity contribution in [3.8, 4) is 11.5 Å². The fraction of sp³-hybridized carbons (Fsp3) is 0.500. The smallest absolute Gasteiger partial charge is 0.142 e. The summed E-state index contributed by atoms with van der Waals surface area (Å²) in [6, 6.07) is 11.7. The van der Waals surface area contributed by atoms with Crippen molar-refractivity contribution in [3.05, 3.63) is 47.5 Å². The number of nitrogens with zero attached hydrogens (tertiary/aromatic N) is 1. The van der Waals surface area contributed by atoms with Crippen molar-refractivity contribution >= 4 is 11.4 Å². The highest BCUT2D eigenvalue weighted by atomic mass is 16.5. The molecule has 0 radical (unpaired) electrons. The molecule has 0 spiro atoms. The van der Waals surface area contributed by atoms with Crippen LogP contribution in [0.4, 0.5) is 11.4 Å². The second kappa shape index (κ2) is 16.2. The Labute approximate surface area is 191 Å². The Morgan fingerprint density at radius 2 is 1.25 bits per heavy atom. The van der Waals surface area contributed by atoms with Crippen LogP contribution in [0, 0.1) is 13.8 Å². The third-order valence-corrected chi connectivity index (χ3v) is 4.54. The third kappa shape index (κ3) is 10.2. The first-order valence-corrected chi connectivity index (χ1v) is 10.6. The minimum Gasteiger partial charge on any atom is -0.495 e. The molecular weight excluding hydrogens is 412 g/mol. The van der Waals surface area contributed by atoms with Crippen LogP contribution in [0.3, 0.4) is 0 Å². The fourth-order valence-electron chi connectivity index (χ4n) is 2.94. The van der Waals surface area contributed by atoms with Crippen LogP contribution in [-0.4, -0.2) is 77.2 Å². The highest BCUT2D eigenvalue weighted by Crippen LogP contribution is 2.29. The molecule has 0 aliphatic carbocycles. The lowest BCUT2D eigenvalue weighted by Gasteiger charge is -2.26. The zero-order valence-electron chi connectivity index (χ0n) is 19.7. The van der Waals surface area contributed by atoms with Crippen molar-refractivity contribution in [1.82, 2.24) is 0 Å². The van der Waals surface area contributed by atoms with Gasteiger partial charge in [-0.15, -0.1) is 0 Å². The maximum Gasteiger partial charge on any atom is 0.142 e. The molecule has 32 heavy (non-hydrogen) atoms. The second-order valence-corrected chi connectivity index (χ2v) is 7.08. The first-order chi connectivity index (χ1) is 15.5. The van der Waals surface area contributed by atoms with Crippen LogP contribution in [-0.2, 0) is 9.47 Å². The lowest BCUT2D eigenvalue weighted by molar-refractivity contribution is 0.0883. The van der Waals surface area contributed by atoms with E-state index in [9.17, 15) is 0 Å². The van der Waals surface area contributed by atoms with Crippen molar-refractivity contribution in [2.45, 2.75) is 13.8 Å². The number of rotatable bonds is 13. The first-order valence-electron chi connectivity index (χ1n) is 10.6. The monoisotopic (exact) mass is 450 g/mol. The molecule has 0 atom stereocenters. The Bertz CT molecular complexity index is 760. The molecule has 8 nitrogen and oxygen atoms in total. The maximum absolute atomic E-state index is 8.77. The zero-order chi connectivity index (χ0) is 23.8. The molecule has 0 heterocycles. The van der Waals surface area contributed by atoms with E-state index in [1.54, 1.807) is 14.2 Å². The molecule has 8 heteroatoms. The summed E-state index contributed by atoms with van der Waals surface area (Å²) in [4.78, 5) is 2.13. The number of benzene rings is 2. The number of aliphatic hydroxyl groups excluding tert-OH is 2. The Kier molecular flexibility index (Phi) is 13.9. The molecule has 0 bridgehead atoms. The van der Waals surface area contributed by atoms with E-state index in [0.29, 0.717) is 45.2 Å². The van der Waals surface area contributed by atoms with Gasteiger partial charge in [0.25, 0.3) is 0 Å². The molecule has 0 saturated carbocycles. The highest BCUT2D eigenvalue weighted by Gasteiger charge is 2.12. The Hall–Kier alpha value is -2.52. The van der Waals surface area contributed by atoms with Crippen LogP contribution < -0.4 is 20.1 Å². The number of methoxy groups -OCH3 is 2. The van der Waals surface area contributed by atoms with Gasteiger partial charge in [0.2, 0.25) is 0 Å². The van der Waals surface area contributed by atoms with Gasteiger partial charge in [0.15, 0.2) is 0 Å². The summed E-state index contributed by atoms with van der Waals surface area (Å²) < 4.78 is 21.1. The summed E-state index contributed by atoms with van der Waals surface area (Å²) in [5.74, 6) is 1.54. The van der Waals surface area contributed by atoms with Gasteiger partial charge in [-0.3, -0.25) is 0 Å². The average molecular weight is 451 g/mol. The molecule has 0 unspecified atom stereocenters. The number of hydrogen-bond donors (Lipinski definition) is 3. The summed E-state index contributed by atoms with van der Waals surface area (Å²) in [5.41, 5.74) is 9.59. The molecular formula is C24H38N2O6. The topological polar surface area (TPSA) is 107 Å². The largest absolute Gasteiger partial charge is 0.495 e. The Morgan fingerprint density at radius 1 is 0.750 bits per heavy atom. The number of ether oxygens (including phenoxy) is 4. The molecule has 0 aromatic heterocycles. The Morgan fingerprint density at radius 3 is 1.72 bits per heavy atom. The number of nitrogen functional groups attached to an aromatic ring is 1. The summed E-state index contributed by atoms with van der Waals surface area (Å²) in [6.45, 7) is 7.10. The molecule has 2 aromatic rings. The average Bonchev–Trinajstić information content (AvgIpc) is 2.78. The molecule has 2 aromatic carbocycles. The van der Waals surface area contributed by atoms with Gasteiger partial charge >= 0.3 is 0 Å². The predicted molar refractivity (Wildman–Crippen MR) is 128 cm³/mol. The van der Waals surface area contributed by atoms with E-state index in [1.807, 2.05) is 44.2 Å². The van der Waals surface area contributed by atoms with Gasteiger partial charge in [0.05, 0.1) is 65.2 Å². The molecule has 0 amide bonds. The van der Waals surface area contributed by atoms with Crippen molar-refractivity contribution in [2.75, 3.05) is 77.6 Å².